The van der Waals surface area contributed by atoms with E-state index in [1.54, 1.807) is 55.0 Å². The maximum atomic E-state index is 13.7. The summed E-state index contributed by atoms with van der Waals surface area (Å²) in [7, 11) is -5.22. The van der Waals surface area contributed by atoms with Gasteiger partial charge < -0.3 is 16.4 Å². The van der Waals surface area contributed by atoms with Crippen molar-refractivity contribution in [2.24, 2.45) is 17.8 Å². The first kappa shape index (κ1) is 61.7. The van der Waals surface area contributed by atoms with Crippen LogP contribution in [0.5, 0.6) is 0 Å². The zero-order valence-electron chi connectivity index (χ0n) is 42.9. The van der Waals surface area contributed by atoms with Gasteiger partial charge in [0, 0.05) is 58.9 Å². The van der Waals surface area contributed by atoms with Crippen LogP contribution in [0.2, 0.25) is 0 Å². The van der Waals surface area contributed by atoms with Crippen LogP contribution in [0.3, 0.4) is 0 Å². The molecule has 2 unspecified atom stereocenters. The molecular formula is C57H64N5O10PS2Y-2. The third-order valence-corrected chi connectivity index (χ3v) is 16.9. The third kappa shape index (κ3) is 14.5. The zero-order valence-corrected chi connectivity index (χ0v) is 48.5. The number of aliphatic hydroxyl groups excluding tert-OH is 2. The molecule has 1 radical (unpaired) electrons. The number of hydrogen-bond donors (Lipinski definition) is 2. The van der Waals surface area contributed by atoms with Gasteiger partial charge >= 0.3 is 0 Å². The number of hydrogen-bond acceptors (Lipinski definition) is 10. The van der Waals surface area contributed by atoms with Gasteiger partial charge in [0.25, 0.3) is 23.6 Å². The van der Waals surface area contributed by atoms with Crippen molar-refractivity contribution in [3.8, 4) is 0 Å². The van der Waals surface area contributed by atoms with Crippen LogP contribution >= 0.6 is 9.24 Å². The average molecular weight is 1160 g/mol. The predicted octanol–water partition coefficient (Wildman–Crippen LogP) is 8.89. The van der Waals surface area contributed by atoms with Crippen molar-refractivity contribution < 1.29 is 78.9 Å². The zero-order chi connectivity index (χ0) is 53.3. The number of imide groups is 2. The molecule has 399 valence electrons. The summed E-state index contributed by atoms with van der Waals surface area (Å²) >= 11 is 0. The van der Waals surface area contributed by atoms with E-state index in [0.717, 1.165) is 20.9 Å². The third-order valence-electron chi connectivity index (χ3n) is 12.6. The molecule has 15 nitrogen and oxygen atoms in total. The van der Waals surface area contributed by atoms with Crippen LogP contribution in [0.1, 0.15) is 80.3 Å². The van der Waals surface area contributed by atoms with E-state index in [4.69, 9.17) is 0 Å². The second kappa shape index (κ2) is 27.4. The van der Waals surface area contributed by atoms with Crippen molar-refractivity contribution in [1.82, 2.24) is 8.61 Å². The molecule has 2 aliphatic rings. The monoisotopic (exact) mass is 1160 g/mol. The molecule has 2 aliphatic heterocycles. The Labute approximate surface area is 474 Å². The minimum Gasteiger partial charge on any atom is -0.693 e. The van der Waals surface area contributed by atoms with Gasteiger partial charge in [-0.25, -0.2) is 26.6 Å². The molecule has 0 bridgehead atoms. The number of fused-ring (bicyclic) bond motifs is 2. The number of sulfonamides is 2. The number of benzene rings is 6. The molecule has 8 rings (SSSR count). The van der Waals surface area contributed by atoms with E-state index < -0.39 is 55.9 Å². The normalized spacial score (nSPS) is 14.5. The van der Waals surface area contributed by atoms with Gasteiger partial charge in [-0.1, -0.05) is 124 Å². The smallest absolute Gasteiger partial charge is 0.266 e. The van der Waals surface area contributed by atoms with E-state index in [0.29, 0.717) is 52.6 Å². The molecular weight excluding hydrogens is 1100 g/mol. The van der Waals surface area contributed by atoms with E-state index in [1.165, 1.54) is 57.1 Å². The van der Waals surface area contributed by atoms with Crippen molar-refractivity contribution in [3.63, 3.8) is 0 Å². The maximum Gasteiger partial charge on any atom is 0.266 e. The molecule has 0 saturated carbocycles. The van der Waals surface area contributed by atoms with Crippen LogP contribution in [0.4, 0.5) is 11.4 Å². The Hall–Kier alpha value is -5.17. The number of nitrogens with zero attached hydrogens (tertiary/aromatic N) is 4. The number of amides is 4. The Balaban J connectivity index is 0.000000274. The molecule has 2 heterocycles. The number of carbonyl (C=O) groups excluding carboxylic acids is 4. The van der Waals surface area contributed by atoms with Crippen molar-refractivity contribution in [2.45, 2.75) is 62.5 Å². The second-order valence-corrected chi connectivity index (χ2v) is 23.5. The van der Waals surface area contributed by atoms with E-state index >= 15 is 0 Å². The number of anilines is 2. The molecule has 0 saturated heterocycles. The van der Waals surface area contributed by atoms with Crippen LogP contribution in [0.25, 0.3) is 6.15 Å². The number of rotatable bonds is 21. The van der Waals surface area contributed by atoms with Crippen LogP contribution in [-0.4, -0.2) is 104 Å². The first-order chi connectivity index (χ1) is 35.3. The molecule has 0 fully saturated rings. The first-order valence-electron chi connectivity index (χ1n) is 24.4. The Morgan fingerprint density at radius 1 is 0.500 bits per heavy atom. The molecule has 0 spiro atoms. The number of nitrogens with two attached hydrogens (primary N) is 1. The van der Waals surface area contributed by atoms with Gasteiger partial charge in [0.1, 0.15) is 0 Å². The summed E-state index contributed by atoms with van der Waals surface area (Å²) in [6.07, 6.45) is 1.67. The fraction of sp³-hybridized carbons (Fsp3) is 0.281. The van der Waals surface area contributed by atoms with E-state index in [2.05, 4.69) is 9.24 Å². The van der Waals surface area contributed by atoms with Gasteiger partial charge in [-0.05, 0) is 109 Å². The van der Waals surface area contributed by atoms with Gasteiger partial charge in [-0.3, -0.25) is 25.6 Å². The Morgan fingerprint density at radius 3 is 1.20 bits per heavy atom. The van der Waals surface area contributed by atoms with Crippen LogP contribution in [0, 0.1) is 24.2 Å². The van der Waals surface area contributed by atoms with Crippen molar-refractivity contribution >= 4 is 64.3 Å². The van der Waals surface area contributed by atoms with Gasteiger partial charge in [0.15, 0.2) is 0 Å². The molecule has 6 aromatic rings. The molecule has 0 aliphatic carbocycles. The minimum absolute atomic E-state index is 0. The second-order valence-electron chi connectivity index (χ2n) is 19.1. The van der Waals surface area contributed by atoms with Crippen molar-refractivity contribution in [3.05, 3.63) is 204 Å². The largest absolute Gasteiger partial charge is 0.693 e. The van der Waals surface area contributed by atoms with Gasteiger partial charge in [0.05, 0.1) is 49.5 Å². The van der Waals surface area contributed by atoms with Crippen LogP contribution in [0.15, 0.2) is 168 Å². The topological polar surface area (TPSA) is 223 Å². The molecule has 6 aromatic carbocycles. The van der Waals surface area contributed by atoms with Gasteiger partial charge in [0.2, 0.25) is 20.0 Å². The van der Waals surface area contributed by atoms with Crippen molar-refractivity contribution in [2.75, 3.05) is 42.1 Å². The summed E-state index contributed by atoms with van der Waals surface area (Å²) in [4.78, 5) is 53.3. The predicted molar refractivity (Wildman–Crippen MR) is 295 cm³/mol. The summed E-state index contributed by atoms with van der Waals surface area (Å²) in [5.41, 5.74) is 4.00. The SMILES string of the molecule is CC(C)CN(C[C@H](O)C(CP)Cc1ccccc1)S(=O)(=O)c1ccc(N2C(=O)c3ccccc3C2=O)cc1.CC(C)CN(C[C@H](O)[CH-]Cc1ccccc1)S(=O)(=O)c1ccc(N2C(=O)c3ccccc3C2=O)cc1.[NH2-].[Y]. The fourth-order valence-corrected chi connectivity index (χ4v) is 12.6. The summed E-state index contributed by atoms with van der Waals surface area (Å²) in [6.45, 7) is 8.05. The van der Waals surface area contributed by atoms with E-state index in [1.807, 2.05) is 88.4 Å². The minimum atomic E-state index is -3.95. The molecule has 19 heteroatoms. The average Bonchev–Trinajstić information content (AvgIpc) is 3.80. The molecule has 4 amide bonds. The van der Waals surface area contributed by atoms with Gasteiger partial charge in [-0.2, -0.15) is 15.0 Å². The summed E-state index contributed by atoms with van der Waals surface area (Å²) in [6, 6.07) is 44.1. The number of carbonyl (C=O) groups is 4. The summed E-state index contributed by atoms with van der Waals surface area (Å²) in [5, 5.41) is 21.7. The quantitative estimate of drug-likeness (QED) is 0.0396. The molecule has 4 N–H and O–H groups in total. The Kier molecular flexibility index (Phi) is 22.3. The Bertz CT molecular complexity index is 3100. The molecule has 0 aromatic heterocycles. The van der Waals surface area contributed by atoms with Crippen LogP contribution < -0.4 is 9.80 Å². The maximum absolute atomic E-state index is 13.7. The van der Waals surface area contributed by atoms with Gasteiger partial charge in [-0.15, -0.1) is 9.24 Å². The Morgan fingerprint density at radius 2 is 0.842 bits per heavy atom. The van der Waals surface area contributed by atoms with Crippen molar-refractivity contribution in [1.29, 1.82) is 0 Å². The fourth-order valence-electron chi connectivity index (χ4n) is 8.86. The first-order valence-corrected chi connectivity index (χ1v) is 28.1. The standard InChI is InChI=1S/C29H33N2O5PS.C28H29N2O5S.H2N.Y/c1-20(2)17-30(18-27(32)22(19-37)16-21-8-4-3-5-9-21)38(35,36)24-14-12-23(13-15-24)31-28(33)25-10-6-7-11-26(25)29(31)34;1-20(2)18-29(19-23(31)15-12-21-8-4-3-5-9-21)36(34,35)24-16-13-22(14-17-24)30-27(32)25-10-6-7-11-26(25)28(30)33;;/h3-15,20,22,27,32H,16-19,37H2,1-2H3;3-11,13-17,20,23,31H,12,18-19H2,1-2H3;1H2;/q;2*-1;/t22?,27-;23-;;/m01../s1. The summed E-state index contributed by atoms with van der Waals surface area (Å²) < 4.78 is 56.9. The summed E-state index contributed by atoms with van der Waals surface area (Å²) in [5.74, 6) is -1.81. The van der Waals surface area contributed by atoms with E-state index in [-0.39, 0.29) is 92.6 Å². The number of aliphatic hydroxyl groups is 2. The molecule has 76 heavy (non-hydrogen) atoms. The van der Waals surface area contributed by atoms with Crippen LogP contribution in [-0.2, 0) is 65.6 Å². The van der Waals surface area contributed by atoms with E-state index in [9.17, 15) is 46.2 Å². The molecule has 4 atom stereocenters.